The average Bonchev–Trinajstić information content (AvgIpc) is 2.77. The Kier molecular flexibility index (Phi) is 4.82. The molecule has 1 saturated heterocycles. The van der Waals surface area contributed by atoms with Crippen LogP contribution in [-0.2, 0) is 18.6 Å². The number of hydrogen-bond donors (Lipinski definition) is 4. The van der Waals surface area contributed by atoms with Gasteiger partial charge < -0.3 is 30.3 Å². The van der Waals surface area contributed by atoms with E-state index in [2.05, 4.69) is 4.52 Å². The van der Waals surface area contributed by atoms with E-state index in [0.717, 1.165) is 0 Å². The molecule has 1 amide bonds. The lowest BCUT2D eigenvalue weighted by Gasteiger charge is -2.28. The number of carbonyl (C=O) groups excluding carboxylic acids is 1. The monoisotopic (exact) mass is 320 g/mol. The van der Waals surface area contributed by atoms with Gasteiger partial charge in [0.25, 0.3) is 0 Å². The normalized spacial score (nSPS) is 29.6. The summed E-state index contributed by atoms with van der Waals surface area (Å²) in [5.74, 6) is -0.557. The van der Waals surface area contributed by atoms with E-state index in [9.17, 15) is 14.5 Å². The molecule has 21 heavy (non-hydrogen) atoms. The fourth-order valence-electron chi connectivity index (χ4n) is 2.19. The Morgan fingerprint density at radius 2 is 2.29 bits per heavy atom. The van der Waals surface area contributed by atoms with Gasteiger partial charge in [0.1, 0.15) is 6.10 Å². The third kappa shape index (κ3) is 4.37. The number of primary amides is 1. The van der Waals surface area contributed by atoms with Crippen LogP contribution in [0, 0.1) is 0 Å². The number of rotatable bonds is 5. The maximum atomic E-state index is 11.2. The molecule has 0 aromatic carbocycles. The smallest absolute Gasteiger partial charge is 0.388 e. The molecule has 0 bridgehead atoms. The van der Waals surface area contributed by atoms with Crippen LogP contribution < -0.4 is 5.73 Å². The molecule has 2 aliphatic heterocycles. The summed E-state index contributed by atoms with van der Waals surface area (Å²) in [4.78, 5) is 29.9. The molecule has 0 spiro atoms. The molecule has 2 rings (SSSR count). The number of phosphoric ester groups is 1. The zero-order chi connectivity index (χ0) is 15.6. The van der Waals surface area contributed by atoms with Crippen molar-refractivity contribution in [2.45, 2.75) is 31.3 Å². The number of carbonyl (C=O) groups is 1. The maximum Gasteiger partial charge on any atom is 0.469 e. The van der Waals surface area contributed by atoms with Crippen molar-refractivity contribution >= 4 is 13.7 Å². The maximum absolute atomic E-state index is 11.2. The molecule has 9 nitrogen and oxygen atoms in total. The highest BCUT2D eigenvalue weighted by Gasteiger charge is 2.38. The van der Waals surface area contributed by atoms with Crippen molar-refractivity contribution in [2.24, 2.45) is 5.73 Å². The molecule has 118 valence electrons. The SMILES string of the molecule is NC(=O)C1=CN([C@H]2O[C@H](COP(=O)(O)O)C[C@H]2O)C=CC1. The summed E-state index contributed by atoms with van der Waals surface area (Å²) in [7, 11) is -4.58. The van der Waals surface area contributed by atoms with Crippen LogP contribution in [0.1, 0.15) is 12.8 Å². The van der Waals surface area contributed by atoms with Crippen molar-refractivity contribution < 1.29 is 33.5 Å². The van der Waals surface area contributed by atoms with Crippen LogP contribution in [0.5, 0.6) is 0 Å². The van der Waals surface area contributed by atoms with Gasteiger partial charge in [0.15, 0.2) is 6.23 Å². The van der Waals surface area contributed by atoms with E-state index in [1.54, 1.807) is 12.3 Å². The van der Waals surface area contributed by atoms with Crippen molar-refractivity contribution in [1.82, 2.24) is 4.90 Å². The number of hydrogen-bond acceptors (Lipinski definition) is 6. The van der Waals surface area contributed by atoms with E-state index >= 15 is 0 Å². The lowest BCUT2D eigenvalue weighted by Crippen LogP contribution is -2.36. The van der Waals surface area contributed by atoms with Gasteiger partial charge in [0, 0.05) is 24.4 Å². The lowest BCUT2D eigenvalue weighted by atomic mass is 10.1. The van der Waals surface area contributed by atoms with Gasteiger partial charge in [-0.2, -0.15) is 0 Å². The molecular formula is C11H17N2O7P. The van der Waals surface area contributed by atoms with Crippen molar-refractivity contribution in [3.05, 3.63) is 24.0 Å². The highest BCUT2D eigenvalue weighted by molar-refractivity contribution is 7.46. The van der Waals surface area contributed by atoms with Crippen molar-refractivity contribution in [2.75, 3.05) is 6.61 Å². The third-order valence-corrected chi connectivity index (χ3v) is 3.61. The molecule has 0 unspecified atom stereocenters. The Labute approximate surface area is 120 Å². The van der Waals surface area contributed by atoms with Gasteiger partial charge in [-0.25, -0.2) is 4.57 Å². The number of nitrogens with two attached hydrogens (primary N) is 1. The summed E-state index contributed by atoms with van der Waals surface area (Å²) in [6.07, 6.45) is 3.10. The number of allylic oxidation sites excluding steroid dienone is 1. The predicted octanol–water partition coefficient (Wildman–Crippen LogP) is -0.840. The Balaban J connectivity index is 1.98. The highest BCUT2D eigenvalue weighted by atomic mass is 31.2. The standard InChI is InChI=1S/C11H17N2O7P/c12-10(15)7-2-1-3-13(5-7)11-9(14)4-8(20-11)6-19-21(16,17)18/h1,3,5,8-9,11,14H,2,4,6H2,(H2,12,15)(H2,16,17,18)/t8-,9+,11-/m0/s1. The van der Waals surface area contributed by atoms with Gasteiger partial charge in [-0.1, -0.05) is 6.08 Å². The quantitative estimate of drug-likeness (QED) is 0.480. The summed E-state index contributed by atoms with van der Waals surface area (Å²) in [5, 5.41) is 9.97. The highest BCUT2D eigenvalue weighted by Crippen LogP contribution is 2.37. The summed E-state index contributed by atoms with van der Waals surface area (Å²) in [6, 6.07) is 0. The van der Waals surface area contributed by atoms with Crippen molar-refractivity contribution in [3.63, 3.8) is 0 Å². The number of aliphatic hydroxyl groups excluding tert-OH is 1. The van der Waals surface area contributed by atoms with Crippen LogP contribution in [0.15, 0.2) is 24.0 Å². The molecule has 0 radical (unpaired) electrons. The second-order valence-corrected chi connectivity index (χ2v) is 6.03. The zero-order valence-electron chi connectivity index (χ0n) is 11.0. The number of nitrogens with zero attached hydrogens (tertiary/aromatic N) is 1. The van der Waals surface area contributed by atoms with E-state index < -0.39 is 32.2 Å². The minimum absolute atomic E-state index is 0.161. The number of aliphatic hydroxyl groups is 1. The van der Waals surface area contributed by atoms with E-state index in [-0.39, 0.29) is 13.0 Å². The van der Waals surface area contributed by atoms with Gasteiger partial charge in [-0.05, 0) is 6.42 Å². The van der Waals surface area contributed by atoms with Gasteiger partial charge in [-0.3, -0.25) is 9.32 Å². The summed E-state index contributed by atoms with van der Waals surface area (Å²) < 4.78 is 20.5. The van der Waals surface area contributed by atoms with Crippen LogP contribution in [0.2, 0.25) is 0 Å². The molecule has 0 aliphatic carbocycles. The number of phosphoric acid groups is 1. The molecular weight excluding hydrogens is 303 g/mol. The second-order valence-electron chi connectivity index (χ2n) is 4.79. The largest absolute Gasteiger partial charge is 0.469 e. The van der Waals surface area contributed by atoms with Crippen molar-refractivity contribution in [3.8, 4) is 0 Å². The van der Waals surface area contributed by atoms with Gasteiger partial charge in [0.2, 0.25) is 5.91 Å². The molecule has 5 N–H and O–H groups in total. The fraction of sp³-hybridized carbons (Fsp3) is 0.545. The van der Waals surface area contributed by atoms with E-state index in [1.165, 1.54) is 11.1 Å². The second kappa shape index (κ2) is 6.27. The topological polar surface area (TPSA) is 143 Å². The minimum atomic E-state index is -4.58. The van der Waals surface area contributed by atoms with E-state index in [4.69, 9.17) is 20.3 Å². The van der Waals surface area contributed by atoms with Crippen molar-refractivity contribution in [1.29, 1.82) is 0 Å². The predicted molar refractivity (Wildman–Crippen MR) is 70.2 cm³/mol. The van der Waals surface area contributed by atoms with E-state index in [1.807, 2.05) is 0 Å². The molecule has 2 aliphatic rings. The Morgan fingerprint density at radius 3 is 2.90 bits per heavy atom. The van der Waals surface area contributed by atoms with Gasteiger partial charge in [-0.15, -0.1) is 0 Å². The molecule has 0 saturated carbocycles. The zero-order valence-corrected chi connectivity index (χ0v) is 11.9. The first kappa shape index (κ1) is 16.2. The minimum Gasteiger partial charge on any atom is -0.388 e. The van der Waals surface area contributed by atoms with Crippen LogP contribution in [0.25, 0.3) is 0 Å². The first-order valence-corrected chi connectivity index (χ1v) is 7.77. The number of amides is 1. The van der Waals surface area contributed by atoms with Crippen LogP contribution in [0.4, 0.5) is 0 Å². The summed E-state index contributed by atoms with van der Waals surface area (Å²) >= 11 is 0. The molecule has 0 aromatic rings. The Morgan fingerprint density at radius 1 is 1.57 bits per heavy atom. The molecule has 2 heterocycles. The summed E-state index contributed by atoms with van der Waals surface area (Å²) in [5.41, 5.74) is 5.59. The number of ether oxygens (including phenoxy) is 1. The van der Waals surface area contributed by atoms with Crippen LogP contribution in [0.3, 0.4) is 0 Å². The lowest BCUT2D eigenvalue weighted by molar-refractivity contribution is -0.114. The van der Waals surface area contributed by atoms with E-state index in [0.29, 0.717) is 12.0 Å². The average molecular weight is 320 g/mol. The molecule has 1 fully saturated rings. The van der Waals surface area contributed by atoms with Crippen LogP contribution >= 0.6 is 7.82 Å². The first-order valence-electron chi connectivity index (χ1n) is 6.24. The van der Waals surface area contributed by atoms with Crippen LogP contribution in [-0.4, -0.2) is 50.7 Å². The summed E-state index contributed by atoms with van der Waals surface area (Å²) in [6.45, 7) is -0.332. The fourth-order valence-corrected chi connectivity index (χ4v) is 2.55. The Hall–Kier alpha value is -1.22. The molecule has 10 heteroatoms. The molecule has 3 atom stereocenters. The first-order chi connectivity index (χ1) is 9.76. The molecule has 0 aromatic heterocycles. The third-order valence-electron chi connectivity index (χ3n) is 3.12. The van der Waals surface area contributed by atoms with Gasteiger partial charge >= 0.3 is 7.82 Å². The Bertz CT molecular complexity index is 515. The van der Waals surface area contributed by atoms with Gasteiger partial charge in [0.05, 0.1) is 12.7 Å².